The van der Waals surface area contributed by atoms with E-state index >= 15 is 0 Å². The molecule has 1 saturated carbocycles. The first-order chi connectivity index (χ1) is 12.1. The van der Waals surface area contributed by atoms with Gasteiger partial charge in [0.1, 0.15) is 5.82 Å². The molecule has 1 aliphatic carbocycles. The first-order valence-corrected chi connectivity index (χ1v) is 9.50. The summed E-state index contributed by atoms with van der Waals surface area (Å²) in [5.41, 5.74) is 0.669. The Morgan fingerprint density at radius 2 is 1.96 bits per heavy atom. The van der Waals surface area contributed by atoms with Crippen LogP contribution in [0.15, 0.2) is 18.3 Å². The fourth-order valence-corrected chi connectivity index (χ4v) is 3.63. The van der Waals surface area contributed by atoms with E-state index in [-0.39, 0.29) is 0 Å². The Labute approximate surface area is 150 Å². The van der Waals surface area contributed by atoms with Crippen molar-refractivity contribution in [3.8, 4) is 0 Å². The number of piperazine rings is 1. The Morgan fingerprint density at radius 3 is 2.56 bits per heavy atom. The summed E-state index contributed by atoms with van der Waals surface area (Å²) in [6, 6.07) is 4.67. The average molecular weight is 346 g/mol. The standard InChI is InChI=1S/C19H30N4O2/c1-15(2)14-25-19(24)21-16-7-8-18(20-13-16)23-11-9-22(10-12-23)17-5-3-4-6-17/h7-8,13,15,17H,3-6,9-12,14H2,1-2H3,(H,21,24). The zero-order valence-corrected chi connectivity index (χ0v) is 15.4. The van der Waals surface area contributed by atoms with Gasteiger partial charge in [-0.05, 0) is 30.9 Å². The Balaban J connectivity index is 1.47. The van der Waals surface area contributed by atoms with Crippen molar-refractivity contribution in [1.82, 2.24) is 9.88 Å². The van der Waals surface area contributed by atoms with E-state index in [9.17, 15) is 4.79 Å². The molecule has 0 unspecified atom stereocenters. The number of nitrogens with one attached hydrogen (secondary N) is 1. The molecule has 2 heterocycles. The molecule has 25 heavy (non-hydrogen) atoms. The van der Waals surface area contributed by atoms with Gasteiger partial charge >= 0.3 is 6.09 Å². The van der Waals surface area contributed by atoms with E-state index in [1.807, 2.05) is 26.0 Å². The molecule has 1 aliphatic heterocycles. The molecule has 2 aliphatic rings. The summed E-state index contributed by atoms with van der Waals surface area (Å²) in [7, 11) is 0. The molecular formula is C19H30N4O2. The van der Waals surface area contributed by atoms with Crippen LogP contribution in [0.25, 0.3) is 0 Å². The van der Waals surface area contributed by atoms with Gasteiger partial charge < -0.3 is 9.64 Å². The highest BCUT2D eigenvalue weighted by atomic mass is 16.5. The molecule has 1 aromatic rings. The van der Waals surface area contributed by atoms with Gasteiger partial charge in [0.05, 0.1) is 18.5 Å². The van der Waals surface area contributed by atoms with Crippen LogP contribution in [0.2, 0.25) is 0 Å². The van der Waals surface area contributed by atoms with Crippen LogP contribution in [0.1, 0.15) is 39.5 Å². The van der Waals surface area contributed by atoms with Gasteiger partial charge in [-0.2, -0.15) is 0 Å². The van der Waals surface area contributed by atoms with Gasteiger partial charge in [0, 0.05) is 32.2 Å². The Morgan fingerprint density at radius 1 is 1.24 bits per heavy atom. The van der Waals surface area contributed by atoms with E-state index in [0.29, 0.717) is 18.2 Å². The molecule has 0 aromatic carbocycles. The molecule has 1 N–H and O–H groups in total. The maximum absolute atomic E-state index is 11.7. The predicted molar refractivity (Wildman–Crippen MR) is 100 cm³/mol. The molecule has 2 fully saturated rings. The van der Waals surface area contributed by atoms with Crippen LogP contribution in [-0.2, 0) is 4.74 Å². The molecule has 1 amide bonds. The molecule has 6 heteroatoms. The lowest BCUT2D eigenvalue weighted by molar-refractivity contribution is 0.147. The molecule has 0 bridgehead atoms. The predicted octanol–water partition coefficient (Wildman–Crippen LogP) is 3.35. The Kier molecular flexibility index (Phi) is 6.13. The topological polar surface area (TPSA) is 57.7 Å². The summed E-state index contributed by atoms with van der Waals surface area (Å²) in [6.45, 7) is 8.72. The summed E-state index contributed by atoms with van der Waals surface area (Å²) < 4.78 is 5.12. The van der Waals surface area contributed by atoms with E-state index in [4.69, 9.17) is 4.74 Å². The largest absolute Gasteiger partial charge is 0.449 e. The third kappa shape index (κ3) is 5.08. The molecule has 138 valence electrons. The van der Waals surface area contributed by atoms with Crippen molar-refractivity contribution in [2.24, 2.45) is 5.92 Å². The number of carbonyl (C=O) groups is 1. The van der Waals surface area contributed by atoms with Crippen molar-refractivity contribution < 1.29 is 9.53 Å². The number of aromatic nitrogens is 1. The minimum Gasteiger partial charge on any atom is -0.449 e. The van der Waals surface area contributed by atoms with Crippen LogP contribution in [0.4, 0.5) is 16.3 Å². The monoisotopic (exact) mass is 346 g/mol. The van der Waals surface area contributed by atoms with Crippen molar-refractivity contribution in [3.05, 3.63) is 18.3 Å². The van der Waals surface area contributed by atoms with E-state index in [1.165, 1.54) is 25.7 Å². The van der Waals surface area contributed by atoms with Gasteiger partial charge in [-0.25, -0.2) is 9.78 Å². The van der Waals surface area contributed by atoms with Crippen LogP contribution in [0.3, 0.4) is 0 Å². The lowest BCUT2D eigenvalue weighted by atomic mass is 10.2. The quantitative estimate of drug-likeness (QED) is 0.886. The summed E-state index contributed by atoms with van der Waals surface area (Å²) >= 11 is 0. The van der Waals surface area contributed by atoms with Gasteiger partial charge in [-0.15, -0.1) is 0 Å². The van der Waals surface area contributed by atoms with Crippen molar-refractivity contribution >= 4 is 17.6 Å². The van der Waals surface area contributed by atoms with Gasteiger partial charge in [0.25, 0.3) is 0 Å². The summed E-state index contributed by atoms with van der Waals surface area (Å²) in [5, 5.41) is 2.72. The minimum atomic E-state index is -0.423. The first-order valence-electron chi connectivity index (χ1n) is 9.50. The lowest BCUT2D eigenvalue weighted by Gasteiger charge is -2.38. The van der Waals surface area contributed by atoms with Crippen LogP contribution in [0.5, 0.6) is 0 Å². The molecule has 0 radical (unpaired) electrons. The number of anilines is 2. The molecule has 1 aromatic heterocycles. The van der Waals surface area contributed by atoms with Gasteiger partial charge in [0.15, 0.2) is 0 Å². The highest BCUT2D eigenvalue weighted by molar-refractivity contribution is 5.84. The number of amides is 1. The van der Waals surface area contributed by atoms with E-state index < -0.39 is 6.09 Å². The maximum atomic E-state index is 11.7. The van der Waals surface area contributed by atoms with Crippen LogP contribution in [-0.4, -0.2) is 54.8 Å². The lowest BCUT2D eigenvalue weighted by Crippen LogP contribution is -2.49. The van der Waals surface area contributed by atoms with Crippen molar-refractivity contribution in [3.63, 3.8) is 0 Å². The number of rotatable bonds is 5. The normalized spacial score (nSPS) is 19.4. The maximum Gasteiger partial charge on any atom is 0.411 e. The minimum absolute atomic E-state index is 0.328. The summed E-state index contributed by atoms with van der Waals surface area (Å²) in [6.07, 6.45) is 6.79. The first kappa shape index (κ1) is 18.0. The molecule has 1 saturated heterocycles. The van der Waals surface area contributed by atoms with Gasteiger partial charge in [-0.3, -0.25) is 10.2 Å². The number of ether oxygens (including phenoxy) is 1. The third-order valence-electron chi connectivity index (χ3n) is 5.02. The molecule has 6 nitrogen and oxygen atoms in total. The number of carbonyl (C=O) groups excluding carboxylic acids is 1. The van der Waals surface area contributed by atoms with Crippen molar-refractivity contribution in [2.75, 3.05) is 43.0 Å². The van der Waals surface area contributed by atoms with E-state index in [2.05, 4.69) is 20.1 Å². The van der Waals surface area contributed by atoms with Crippen LogP contribution in [0, 0.1) is 5.92 Å². The highest BCUT2D eigenvalue weighted by Crippen LogP contribution is 2.25. The second-order valence-corrected chi connectivity index (χ2v) is 7.48. The van der Waals surface area contributed by atoms with Gasteiger partial charge in [0.2, 0.25) is 0 Å². The highest BCUT2D eigenvalue weighted by Gasteiger charge is 2.26. The molecule has 0 atom stereocenters. The Bertz CT molecular complexity index is 547. The smallest absolute Gasteiger partial charge is 0.411 e. The van der Waals surface area contributed by atoms with Crippen LogP contribution >= 0.6 is 0 Å². The number of nitrogens with zero attached hydrogens (tertiary/aromatic N) is 3. The second-order valence-electron chi connectivity index (χ2n) is 7.48. The van der Waals surface area contributed by atoms with Gasteiger partial charge in [-0.1, -0.05) is 26.7 Å². The number of hydrogen-bond donors (Lipinski definition) is 1. The summed E-state index contributed by atoms with van der Waals surface area (Å²) in [5.74, 6) is 1.31. The average Bonchev–Trinajstić information content (AvgIpc) is 3.15. The number of hydrogen-bond acceptors (Lipinski definition) is 5. The van der Waals surface area contributed by atoms with Crippen molar-refractivity contribution in [2.45, 2.75) is 45.6 Å². The zero-order chi connectivity index (χ0) is 17.6. The van der Waals surface area contributed by atoms with Crippen molar-refractivity contribution in [1.29, 1.82) is 0 Å². The molecular weight excluding hydrogens is 316 g/mol. The SMILES string of the molecule is CC(C)COC(=O)Nc1ccc(N2CCN(C3CCCC3)CC2)nc1. The second kappa shape index (κ2) is 8.52. The fraction of sp³-hybridized carbons (Fsp3) is 0.684. The zero-order valence-electron chi connectivity index (χ0n) is 15.4. The molecule has 3 rings (SSSR count). The van der Waals surface area contributed by atoms with E-state index in [1.54, 1.807) is 6.20 Å². The van der Waals surface area contributed by atoms with E-state index in [0.717, 1.165) is 38.0 Å². The Hall–Kier alpha value is -1.82. The third-order valence-corrected chi connectivity index (χ3v) is 5.02. The summed E-state index contributed by atoms with van der Waals surface area (Å²) in [4.78, 5) is 21.2. The van der Waals surface area contributed by atoms with Crippen LogP contribution < -0.4 is 10.2 Å². The molecule has 0 spiro atoms. The fourth-order valence-electron chi connectivity index (χ4n) is 3.63. The number of pyridine rings is 1.